The van der Waals surface area contributed by atoms with Gasteiger partial charge >= 0.3 is 0 Å². The van der Waals surface area contributed by atoms with E-state index in [0.29, 0.717) is 45.6 Å². The molecule has 1 aromatic heterocycles. The molecule has 0 saturated heterocycles. The first-order valence-corrected chi connectivity index (χ1v) is 13.4. The number of pyridine rings is 1. The lowest BCUT2D eigenvalue weighted by Gasteiger charge is -2.20. The third-order valence-corrected chi connectivity index (χ3v) is 6.29. The molecule has 10 nitrogen and oxygen atoms in total. The van der Waals surface area contributed by atoms with Crippen molar-refractivity contribution in [2.75, 3.05) is 43.8 Å². The van der Waals surface area contributed by atoms with E-state index in [1.807, 2.05) is 32.8 Å². The van der Waals surface area contributed by atoms with Gasteiger partial charge in [0.25, 0.3) is 11.8 Å². The molecule has 4 rings (SSSR count). The normalized spacial score (nSPS) is 11.2. The molecular weight excluding hydrogens is 553 g/mol. The molecule has 0 spiro atoms. The number of nitrogens with one attached hydrogen (secondary N) is 3. The molecule has 11 heteroatoms. The van der Waals surface area contributed by atoms with Crippen molar-refractivity contribution in [1.29, 1.82) is 0 Å². The van der Waals surface area contributed by atoms with Gasteiger partial charge in [0.1, 0.15) is 22.9 Å². The molecule has 0 saturated carbocycles. The molecule has 43 heavy (non-hydrogen) atoms. The smallest absolute Gasteiger partial charge is 0.262 e. The van der Waals surface area contributed by atoms with Gasteiger partial charge in [-0.15, -0.1) is 0 Å². The second kappa shape index (κ2) is 13.6. The molecule has 0 bridgehead atoms. The lowest BCUT2D eigenvalue weighted by Crippen LogP contribution is -2.29. The highest BCUT2D eigenvalue weighted by atomic mass is 19.1. The largest absolute Gasteiger partial charge is 0.493 e. The number of carbonyl (C=O) groups is 2. The van der Waals surface area contributed by atoms with E-state index in [1.54, 1.807) is 56.8 Å². The van der Waals surface area contributed by atoms with Gasteiger partial charge in [-0.1, -0.05) is 0 Å². The van der Waals surface area contributed by atoms with Crippen molar-refractivity contribution in [3.8, 4) is 23.0 Å². The Morgan fingerprint density at radius 1 is 0.884 bits per heavy atom. The number of rotatable bonds is 11. The average Bonchev–Trinajstić information content (AvgIpc) is 2.98. The summed E-state index contributed by atoms with van der Waals surface area (Å²) in [5, 5.41) is 9.19. The van der Waals surface area contributed by atoms with Crippen LogP contribution < -0.4 is 35.1 Å². The maximum atomic E-state index is 13.4. The summed E-state index contributed by atoms with van der Waals surface area (Å²) in [4.78, 5) is 32.7. The molecule has 2 amide bonds. The predicted octanol–water partition coefficient (Wildman–Crippen LogP) is 5.71. The Morgan fingerprint density at radius 3 is 2.21 bits per heavy atom. The van der Waals surface area contributed by atoms with Gasteiger partial charge in [0.2, 0.25) is 0 Å². The minimum atomic E-state index is -0.653. The zero-order valence-electron chi connectivity index (χ0n) is 24.8. The summed E-state index contributed by atoms with van der Waals surface area (Å²) in [6, 6.07) is 15.8. The molecule has 0 aliphatic carbocycles. The summed E-state index contributed by atoms with van der Waals surface area (Å²) in [5.41, 5.74) is 1.96. The van der Waals surface area contributed by atoms with Crippen molar-refractivity contribution in [1.82, 2.24) is 10.3 Å². The summed E-state index contributed by atoms with van der Waals surface area (Å²) >= 11 is 0. The molecule has 1 heterocycles. The number of anilines is 3. The zero-order chi connectivity index (χ0) is 31.1. The van der Waals surface area contributed by atoms with Crippen LogP contribution in [0.1, 0.15) is 13.8 Å². The van der Waals surface area contributed by atoms with Crippen molar-refractivity contribution in [3.63, 3.8) is 0 Å². The van der Waals surface area contributed by atoms with E-state index in [0.717, 1.165) is 5.39 Å². The Kier molecular flexibility index (Phi) is 9.66. The van der Waals surface area contributed by atoms with Gasteiger partial charge in [-0.05, 0) is 62.4 Å². The molecule has 0 fully saturated rings. The number of amides is 2. The summed E-state index contributed by atoms with van der Waals surface area (Å²) in [6.45, 7) is 3.76. The van der Waals surface area contributed by atoms with Crippen molar-refractivity contribution in [2.24, 2.45) is 0 Å². The topological polar surface area (TPSA) is 114 Å². The van der Waals surface area contributed by atoms with E-state index in [9.17, 15) is 14.0 Å². The maximum Gasteiger partial charge on any atom is 0.262 e. The van der Waals surface area contributed by atoms with Gasteiger partial charge in [0.05, 0.1) is 31.1 Å². The van der Waals surface area contributed by atoms with Crippen LogP contribution in [0, 0.1) is 5.82 Å². The number of ether oxygens (including phenoxy) is 3. The third-order valence-electron chi connectivity index (χ3n) is 6.29. The summed E-state index contributed by atoms with van der Waals surface area (Å²) in [7, 11) is 6.77. The molecule has 0 atom stereocenters. The number of fused-ring (bicyclic) bond motifs is 1. The Bertz CT molecular complexity index is 1650. The minimum Gasteiger partial charge on any atom is -0.493 e. The number of aromatic nitrogens is 1. The van der Waals surface area contributed by atoms with Crippen molar-refractivity contribution in [2.45, 2.75) is 19.9 Å². The Hall–Kier alpha value is -5.32. The standard InChI is InChI=1S/C32H34FN5O5/c1-19(2)35-18-24(31(39)36-21-9-7-20(33)8-10-21)32(40)37-25-12-11-22(15-27(25)38(3)4)43-28-13-14-34-26-17-30(42-6)29(41-5)16-23(26)28/h7-19,35H,1-6H3,(H,36,39)(H,37,40)/b24-18+. The highest BCUT2D eigenvalue weighted by Gasteiger charge is 2.21. The number of hydrogen-bond acceptors (Lipinski definition) is 8. The van der Waals surface area contributed by atoms with Gasteiger partial charge in [-0.3, -0.25) is 14.6 Å². The van der Waals surface area contributed by atoms with Gasteiger partial charge in [0.15, 0.2) is 11.5 Å². The van der Waals surface area contributed by atoms with Crippen LogP contribution in [0.2, 0.25) is 0 Å². The summed E-state index contributed by atoms with van der Waals surface area (Å²) in [5.74, 6) is 0.432. The molecule has 224 valence electrons. The fraction of sp³-hybridized carbons (Fsp3) is 0.219. The molecule has 3 aromatic carbocycles. The number of halogens is 1. The first kappa shape index (κ1) is 30.6. The third kappa shape index (κ3) is 7.50. The van der Waals surface area contributed by atoms with Crippen molar-refractivity contribution in [3.05, 3.63) is 84.5 Å². The predicted molar refractivity (Wildman–Crippen MR) is 166 cm³/mol. The average molecular weight is 588 g/mol. The monoisotopic (exact) mass is 587 g/mol. The van der Waals surface area contributed by atoms with Crippen LogP contribution in [0.5, 0.6) is 23.0 Å². The SMILES string of the molecule is COc1cc2nccc(Oc3ccc(NC(=O)/C(=C/NC(C)C)C(=O)Nc4ccc(F)cc4)c(N(C)C)c3)c2cc1OC. The fourth-order valence-corrected chi connectivity index (χ4v) is 4.12. The van der Waals surface area contributed by atoms with E-state index in [4.69, 9.17) is 14.2 Å². The van der Waals surface area contributed by atoms with Crippen molar-refractivity contribution < 1.29 is 28.2 Å². The second-order valence-corrected chi connectivity index (χ2v) is 10.0. The van der Waals surface area contributed by atoms with Crippen LogP contribution in [0.4, 0.5) is 21.5 Å². The maximum absolute atomic E-state index is 13.4. The Morgan fingerprint density at radius 2 is 1.56 bits per heavy atom. The fourth-order valence-electron chi connectivity index (χ4n) is 4.12. The van der Waals surface area contributed by atoms with Gasteiger partial charge in [-0.2, -0.15) is 0 Å². The number of hydrogen-bond donors (Lipinski definition) is 3. The molecule has 4 aromatic rings. The molecule has 0 unspecified atom stereocenters. The second-order valence-electron chi connectivity index (χ2n) is 10.0. The van der Waals surface area contributed by atoms with E-state index < -0.39 is 17.6 Å². The molecule has 0 aliphatic heterocycles. The zero-order valence-corrected chi connectivity index (χ0v) is 24.8. The van der Waals surface area contributed by atoms with Gasteiger partial charge < -0.3 is 35.1 Å². The van der Waals surface area contributed by atoms with Gasteiger partial charge in [0, 0.05) is 55.7 Å². The van der Waals surface area contributed by atoms with Crippen LogP contribution in [0.15, 0.2) is 78.6 Å². The number of carbonyl (C=O) groups excluding carboxylic acids is 2. The summed E-state index contributed by atoms with van der Waals surface area (Å²) in [6.07, 6.45) is 3.00. The van der Waals surface area contributed by atoms with Crippen LogP contribution in [0.25, 0.3) is 10.9 Å². The highest BCUT2D eigenvalue weighted by molar-refractivity contribution is 6.26. The van der Waals surface area contributed by atoms with E-state index in [2.05, 4.69) is 20.9 Å². The molecule has 3 N–H and O–H groups in total. The summed E-state index contributed by atoms with van der Waals surface area (Å²) < 4.78 is 30.4. The molecule has 0 aliphatic rings. The number of benzene rings is 3. The van der Waals surface area contributed by atoms with E-state index in [-0.39, 0.29) is 11.6 Å². The van der Waals surface area contributed by atoms with E-state index in [1.165, 1.54) is 30.5 Å². The number of methoxy groups -OCH3 is 2. The van der Waals surface area contributed by atoms with E-state index >= 15 is 0 Å². The van der Waals surface area contributed by atoms with Crippen LogP contribution >= 0.6 is 0 Å². The van der Waals surface area contributed by atoms with Crippen molar-refractivity contribution >= 4 is 39.8 Å². The van der Waals surface area contributed by atoms with Crippen LogP contribution in [-0.2, 0) is 9.59 Å². The highest BCUT2D eigenvalue weighted by Crippen LogP contribution is 2.38. The minimum absolute atomic E-state index is 0.0273. The van der Waals surface area contributed by atoms with Gasteiger partial charge in [-0.25, -0.2) is 4.39 Å². The van der Waals surface area contributed by atoms with Crippen LogP contribution in [-0.4, -0.2) is 51.2 Å². The lowest BCUT2D eigenvalue weighted by atomic mass is 10.1. The molecule has 0 radical (unpaired) electrons. The molecular formula is C32H34FN5O5. The number of nitrogens with zero attached hydrogens (tertiary/aromatic N) is 2. The Balaban J connectivity index is 1.61. The van der Waals surface area contributed by atoms with Crippen LogP contribution in [0.3, 0.4) is 0 Å². The first-order chi connectivity index (χ1) is 20.6. The lowest BCUT2D eigenvalue weighted by molar-refractivity contribution is -0.118. The Labute approximate surface area is 249 Å². The first-order valence-electron chi connectivity index (χ1n) is 13.4. The quantitative estimate of drug-likeness (QED) is 0.116.